The van der Waals surface area contributed by atoms with Crippen molar-refractivity contribution in [2.45, 2.75) is 57.5 Å². The number of ether oxygens (including phenoxy) is 1. The highest BCUT2D eigenvalue weighted by Gasteiger charge is 2.68. The number of hydrogen-bond acceptors (Lipinski definition) is 5. The molecule has 1 aliphatic heterocycles. The number of rotatable bonds is 2. The fourth-order valence-corrected chi connectivity index (χ4v) is 6.37. The van der Waals surface area contributed by atoms with Gasteiger partial charge in [0.25, 0.3) is 10.1 Å². The van der Waals surface area contributed by atoms with Gasteiger partial charge in [-0.05, 0) is 31.6 Å². The van der Waals surface area contributed by atoms with Crippen LogP contribution in [-0.2, 0) is 23.8 Å². The van der Waals surface area contributed by atoms with Gasteiger partial charge in [0, 0.05) is 11.8 Å². The molecule has 3 aliphatic carbocycles. The summed E-state index contributed by atoms with van der Waals surface area (Å²) in [7, 11) is -3.43. The molecule has 20 heavy (non-hydrogen) atoms. The maximum absolute atomic E-state index is 12.4. The summed E-state index contributed by atoms with van der Waals surface area (Å²) in [5.74, 6) is -0.00555. The van der Waals surface area contributed by atoms with E-state index in [1.54, 1.807) is 0 Å². The van der Waals surface area contributed by atoms with Crippen LogP contribution >= 0.6 is 0 Å². The molecule has 3 saturated carbocycles. The Morgan fingerprint density at radius 2 is 1.90 bits per heavy atom. The van der Waals surface area contributed by atoms with E-state index in [-0.39, 0.29) is 34.6 Å². The summed E-state index contributed by atoms with van der Waals surface area (Å²) in [4.78, 5) is 12.4. The highest BCUT2D eigenvalue weighted by molar-refractivity contribution is 7.87. The Morgan fingerprint density at radius 1 is 1.25 bits per heavy atom. The zero-order valence-electron chi connectivity index (χ0n) is 12.0. The van der Waals surface area contributed by atoms with Crippen LogP contribution in [0, 0.1) is 22.7 Å². The first kappa shape index (κ1) is 13.1. The first-order valence-corrected chi connectivity index (χ1v) is 8.76. The second kappa shape index (κ2) is 3.40. The Morgan fingerprint density at radius 3 is 2.50 bits per heavy atom. The van der Waals surface area contributed by atoms with Gasteiger partial charge < -0.3 is 4.74 Å². The molecule has 6 unspecified atom stereocenters. The van der Waals surface area contributed by atoms with Crippen molar-refractivity contribution in [2.75, 3.05) is 0 Å². The summed E-state index contributed by atoms with van der Waals surface area (Å²) < 4.78 is 34.6. The van der Waals surface area contributed by atoms with Crippen molar-refractivity contribution in [1.29, 1.82) is 0 Å². The fourth-order valence-electron chi connectivity index (χ4n) is 4.49. The van der Waals surface area contributed by atoms with Gasteiger partial charge in [0.1, 0.15) is 12.2 Å². The topological polar surface area (TPSA) is 69.7 Å². The molecule has 0 aromatic heterocycles. The molecule has 0 spiro atoms. The van der Waals surface area contributed by atoms with Crippen LogP contribution in [0.2, 0.25) is 0 Å². The Hall–Kier alpha value is -0.620. The van der Waals surface area contributed by atoms with Crippen LogP contribution in [0.3, 0.4) is 0 Å². The van der Waals surface area contributed by atoms with E-state index < -0.39 is 21.6 Å². The van der Waals surface area contributed by atoms with Crippen LogP contribution < -0.4 is 0 Å². The van der Waals surface area contributed by atoms with Crippen molar-refractivity contribution in [3.05, 3.63) is 0 Å². The summed E-state index contributed by atoms with van der Waals surface area (Å²) in [5.41, 5.74) is -0.446. The first-order valence-electron chi connectivity index (χ1n) is 7.29. The maximum Gasteiger partial charge on any atom is 0.312 e. The minimum Gasteiger partial charge on any atom is -0.459 e. The fraction of sp³-hybridized carbons (Fsp3) is 0.929. The van der Waals surface area contributed by atoms with Crippen molar-refractivity contribution in [3.63, 3.8) is 0 Å². The molecule has 0 aromatic rings. The number of hydrogen-bond donors (Lipinski definition) is 0. The average molecular weight is 300 g/mol. The van der Waals surface area contributed by atoms with Gasteiger partial charge in [0.05, 0.1) is 10.7 Å². The van der Waals surface area contributed by atoms with Gasteiger partial charge in [-0.15, -0.1) is 0 Å². The molecule has 4 aliphatic rings. The molecule has 6 heteroatoms. The molecule has 0 radical (unpaired) electrons. The highest BCUT2D eigenvalue weighted by atomic mass is 32.2. The van der Waals surface area contributed by atoms with Crippen molar-refractivity contribution >= 4 is 16.1 Å². The molecule has 4 fully saturated rings. The smallest absolute Gasteiger partial charge is 0.312 e. The third kappa shape index (κ3) is 1.42. The largest absolute Gasteiger partial charge is 0.459 e. The van der Waals surface area contributed by atoms with Gasteiger partial charge in [-0.3, -0.25) is 8.98 Å². The molecular formula is C14H20O5S. The molecule has 0 amide bonds. The lowest BCUT2D eigenvalue weighted by atomic mass is 9.93. The van der Waals surface area contributed by atoms with E-state index in [2.05, 4.69) is 13.8 Å². The Balaban J connectivity index is 1.54. The van der Waals surface area contributed by atoms with E-state index in [1.165, 1.54) is 0 Å². The van der Waals surface area contributed by atoms with E-state index in [9.17, 15) is 13.2 Å². The first-order chi connectivity index (χ1) is 9.16. The third-order valence-electron chi connectivity index (χ3n) is 6.27. The molecule has 0 N–H and O–H groups in total. The lowest BCUT2D eigenvalue weighted by Gasteiger charge is -2.27. The zero-order chi connectivity index (χ0) is 14.5. The Labute approximate surface area is 119 Å². The highest BCUT2D eigenvalue weighted by Crippen LogP contribution is 2.64. The van der Waals surface area contributed by atoms with Crippen LogP contribution in [-0.4, -0.2) is 31.8 Å². The van der Waals surface area contributed by atoms with Crippen molar-refractivity contribution in [2.24, 2.45) is 22.7 Å². The van der Waals surface area contributed by atoms with Gasteiger partial charge in [-0.2, -0.15) is 8.42 Å². The Bertz CT molecular complexity index is 595. The summed E-state index contributed by atoms with van der Waals surface area (Å²) in [6, 6.07) is 0. The molecule has 2 bridgehead atoms. The van der Waals surface area contributed by atoms with Crippen LogP contribution in [0.25, 0.3) is 0 Å². The van der Waals surface area contributed by atoms with Gasteiger partial charge in [-0.25, -0.2) is 0 Å². The number of carbonyl (C=O) groups is 1. The molecule has 6 atom stereocenters. The summed E-state index contributed by atoms with van der Waals surface area (Å²) in [6.07, 6.45) is 1.42. The van der Waals surface area contributed by atoms with Crippen molar-refractivity contribution in [3.8, 4) is 0 Å². The summed E-state index contributed by atoms with van der Waals surface area (Å²) in [5, 5.41) is -0.361. The monoisotopic (exact) mass is 300 g/mol. The molecule has 1 heterocycles. The van der Waals surface area contributed by atoms with Crippen LogP contribution in [0.1, 0.15) is 40.0 Å². The van der Waals surface area contributed by atoms with Gasteiger partial charge >= 0.3 is 5.97 Å². The van der Waals surface area contributed by atoms with E-state index >= 15 is 0 Å². The number of carbonyl (C=O) groups excluding carboxylic acids is 1. The van der Waals surface area contributed by atoms with Crippen LogP contribution in [0.4, 0.5) is 0 Å². The second-order valence-corrected chi connectivity index (χ2v) is 9.53. The SMILES string of the molecule is CC1(C)CC1(C)C(=O)OC1C2CC3C1OS(=O)(=O)C3C2. The Kier molecular flexibility index (Phi) is 2.23. The molecule has 4 rings (SSSR count). The normalized spacial score (nSPS) is 53.0. The zero-order valence-corrected chi connectivity index (χ0v) is 12.8. The summed E-state index contributed by atoms with van der Waals surface area (Å²) in [6.45, 7) is 6.04. The quantitative estimate of drug-likeness (QED) is 0.570. The van der Waals surface area contributed by atoms with E-state index in [1.807, 2.05) is 6.92 Å². The molecule has 0 aromatic carbocycles. The standard InChI is InChI=1S/C14H20O5S/c1-13(2)6-14(13,3)12(15)18-10-7-4-8-9(5-7)20(16,17)19-11(8)10/h7-11H,4-6H2,1-3H3. The van der Waals surface area contributed by atoms with Crippen molar-refractivity contribution in [1.82, 2.24) is 0 Å². The molecule has 1 saturated heterocycles. The lowest BCUT2D eigenvalue weighted by Crippen LogP contribution is -2.39. The van der Waals surface area contributed by atoms with E-state index in [0.717, 1.165) is 12.8 Å². The van der Waals surface area contributed by atoms with Crippen LogP contribution in [0.15, 0.2) is 0 Å². The predicted molar refractivity (Wildman–Crippen MR) is 70.2 cm³/mol. The third-order valence-corrected chi connectivity index (χ3v) is 8.05. The number of fused-ring (bicyclic) bond motifs is 1. The molecule has 5 nitrogen and oxygen atoms in total. The minimum absolute atomic E-state index is 0.0210. The predicted octanol–water partition coefficient (Wildman–Crippen LogP) is 1.47. The average Bonchev–Trinajstić information content (AvgIpc) is 2.72. The molecular weight excluding hydrogens is 280 g/mol. The van der Waals surface area contributed by atoms with Crippen molar-refractivity contribution < 1.29 is 22.1 Å². The van der Waals surface area contributed by atoms with Gasteiger partial charge in [0.2, 0.25) is 0 Å². The van der Waals surface area contributed by atoms with E-state index in [0.29, 0.717) is 6.42 Å². The van der Waals surface area contributed by atoms with E-state index in [4.69, 9.17) is 8.92 Å². The van der Waals surface area contributed by atoms with Crippen LogP contribution in [0.5, 0.6) is 0 Å². The summed E-state index contributed by atoms with van der Waals surface area (Å²) >= 11 is 0. The number of esters is 1. The molecule has 112 valence electrons. The minimum atomic E-state index is -3.43. The second-order valence-electron chi connectivity index (χ2n) is 7.75. The maximum atomic E-state index is 12.4. The van der Waals surface area contributed by atoms with Gasteiger partial charge in [-0.1, -0.05) is 13.8 Å². The lowest BCUT2D eigenvalue weighted by molar-refractivity contribution is -0.163. The van der Waals surface area contributed by atoms with Gasteiger partial charge in [0.15, 0.2) is 0 Å².